The van der Waals surface area contributed by atoms with Gasteiger partial charge in [-0.1, -0.05) is 0 Å². The minimum absolute atomic E-state index is 0.0596. The molecule has 3 N–H and O–H groups in total. The summed E-state index contributed by atoms with van der Waals surface area (Å²) in [5.74, 6) is -0.363. The largest absolute Gasteiger partial charge is 0.493 e. The van der Waals surface area contributed by atoms with Crippen molar-refractivity contribution in [3.05, 3.63) is 18.2 Å². The number of halogens is 2. The van der Waals surface area contributed by atoms with E-state index in [1.165, 1.54) is 32.4 Å². The molecule has 1 rings (SSSR count). The minimum Gasteiger partial charge on any atom is -0.493 e. The maximum atomic E-state index is 12.3. The summed E-state index contributed by atoms with van der Waals surface area (Å²) in [4.78, 5) is 11.8. The van der Waals surface area contributed by atoms with Crippen LogP contribution >= 0.6 is 0 Å². The lowest BCUT2D eigenvalue weighted by Crippen LogP contribution is -2.28. The zero-order valence-electron chi connectivity index (χ0n) is 11.8. The third kappa shape index (κ3) is 5.52. The van der Waals surface area contributed by atoms with Crippen LogP contribution in [-0.2, 0) is 9.53 Å². The SMILES string of the molecule is COc1ccc(NC(=O)CC(CN)OC)cc1OC(F)F. The summed E-state index contributed by atoms with van der Waals surface area (Å²) < 4.78 is 38.8. The van der Waals surface area contributed by atoms with Gasteiger partial charge in [-0.25, -0.2) is 0 Å². The number of hydrogen-bond donors (Lipinski definition) is 2. The second kappa shape index (κ2) is 8.38. The molecule has 0 saturated heterocycles. The number of anilines is 1. The molecule has 1 aromatic rings. The maximum Gasteiger partial charge on any atom is 0.387 e. The molecule has 118 valence electrons. The third-order valence-electron chi connectivity index (χ3n) is 2.67. The van der Waals surface area contributed by atoms with Gasteiger partial charge in [0, 0.05) is 25.4 Å². The monoisotopic (exact) mass is 304 g/mol. The first kappa shape index (κ1) is 17.1. The van der Waals surface area contributed by atoms with Crippen molar-refractivity contribution in [1.29, 1.82) is 0 Å². The molecule has 1 aromatic carbocycles. The highest BCUT2D eigenvalue weighted by Crippen LogP contribution is 2.31. The molecule has 1 atom stereocenters. The number of carbonyl (C=O) groups excluding carboxylic acids is 1. The smallest absolute Gasteiger partial charge is 0.387 e. The summed E-state index contributed by atoms with van der Waals surface area (Å²) in [7, 11) is 2.78. The van der Waals surface area contributed by atoms with E-state index in [-0.39, 0.29) is 30.4 Å². The molecule has 0 aliphatic rings. The van der Waals surface area contributed by atoms with Crippen LogP contribution in [0.4, 0.5) is 14.5 Å². The highest BCUT2D eigenvalue weighted by atomic mass is 19.3. The van der Waals surface area contributed by atoms with Crippen molar-refractivity contribution in [1.82, 2.24) is 0 Å². The predicted molar refractivity (Wildman–Crippen MR) is 72.7 cm³/mol. The van der Waals surface area contributed by atoms with Crippen molar-refractivity contribution in [2.45, 2.75) is 19.1 Å². The van der Waals surface area contributed by atoms with E-state index in [1.54, 1.807) is 0 Å². The molecule has 6 nitrogen and oxygen atoms in total. The van der Waals surface area contributed by atoms with Crippen molar-refractivity contribution in [3.63, 3.8) is 0 Å². The van der Waals surface area contributed by atoms with Crippen LogP contribution in [0.3, 0.4) is 0 Å². The third-order valence-corrected chi connectivity index (χ3v) is 2.67. The van der Waals surface area contributed by atoms with Gasteiger partial charge >= 0.3 is 6.61 Å². The van der Waals surface area contributed by atoms with Gasteiger partial charge in [0.05, 0.1) is 19.6 Å². The second-order valence-electron chi connectivity index (χ2n) is 4.09. The van der Waals surface area contributed by atoms with Gasteiger partial charge < -0.3 is 25.3 Å². The molecule has 0 spiro atoms. The van der Waals surface area contributed by atoms with Crippen molar-refractivity contribution in [3.8, 4) is 11.5 Å². The fourth-order valence-electron chi connectivity index (χ4n) is 1.62. The Labute approximate surface area is 121 Å². The van der Waals surface area contributed by atoms with Crippen molar-refractivity contribution < 1.29 is 27.8 Å². The molecular formula is C13H18F2N2O4. The van der Waals surface area contributed by atoms with Crippen LogP contribution in [0.5, 0.6) is 11.5 Å². The Bertz CT molecular complexity index is 467. The van der Waals surface area contributed by atoms with Crippen molar-refractivity contribution in [2.24, 2.45) is 5.73 Å². The molecule has 0 fully saturated rings. The predicted octanol–water partition coefficient (Wildman–Crippen LogP) is 1.60. The number of hydrogen-bond acceptors (Lipinski definition) is 5. The van der Waals surface area contributed by atoms with E-state index >= 15 is 0 Å². The minimum atomic E-state index is -2.99. The van der Waals surface area contributed by atoms with Gasteiger partial charge in [-0.05, 0) is 12.1 Å². The molecule has 0 radical (unpaired) electrons. The molecule has 21 heavy (non-hydrogen) atoms. The standard InChI is InChI=1S/C13H18F2N2O4/c1-19-9(7-16)6-12(18)17-8-3-4-10(20-2)11(5-8)21-13(14)15/h3-5,9,13H,6-7,16H2,1-2H3,(H,17,18). The fraction of sp³-hybridized carbons (Fsp3) is 0.462. The Hall–Kier alpha value is -1.93. The van der Waals surface area contributed by atoms with Crippen molar-refractivity contribution >= 4 is 11.6 Å². The Kier molecular flexibility index (Phi) is 6.83. The number of nitrogens with one attached hydrogen (secondary N) is 1. The average molecular weight is 304 g/mol. The van der Waals surface area contributed by atoms with Gasteiger partial charge in [-0.3, -0.25) is 4.79 Å². The van der Waals surface area contributed by atoms with Gasteiger partial charge in [-0.15, -0.1) is 0 Å². The summed E-state index contributed by atoms with van der Waals surface area (Å²) in [6.45, 7) is -2.79. The molecule has 1 unspecified atom stereocenters. The number of amides is 1. The van der Waals surface area contributed by atoms with Crippen LogP contribution < -0.4 is 20.5 Å². The molecule has 0 aliphatic carbocycles. The van der Waals surface area contributed by atoms with Crippen LogP contribution in [-0.4, -0.2) is 39.4 Å². The Morgan fingerprint density at radius 2 is 2.05 bits per heavy atom. The van der Waals surface area contributed by atoms with E-state index in [0.29, 0.717) is 5.69 Å². The summed E-state index contributed by atoms with van der Waals surface area (Å²) in [5, 5.41) is 2.55. The number of carbonyl (C=O) groups is 1. The second-order valence-corrected chi connectivity index (χ2v) is 4.09. The first-order chi connectivity index (χ1) is 9.99. The van der Waals surface area contributed by atoms with E-state index < -0.39 is 12.7 Å². The number of methoxy groups -OCH3 is 2. The molecule has 0 aliphatic heterocycles. The molecule has 0 bridgehead atoms. The fourth-order valence-corrected chi connectivity index (χ4v) is 1.62. The number of benzene rings is 1. The number of nitrogens with two attached hydrogens (primary N) is 1. The van der Waals surface area contributed by atoms with Gasteiger partial charge in [-0.2, -0.15) is 8.78 Å². The Morgan fingerprint density at radius 3 is 2.57 bits per heavy atom. The lowest BCUT2D eigenvalue weighted by molar-refractivity contribution is -0.118. The van der Waals surface area contributed by atoms with Crippen LogP contribution in [0.15, 0.2) is 18.2 Å². The summed E-state index contributed by atoms with van der Waals surface area (Å²) in [5.41, 5.74) is 5.73. The van der Waals surface area contributed by atoms with E-state index in [9.17, 15) is 13.6 Å². The van der Waals surface area contributed by atoms with Crippen molar-refractivity contribution in [2.75, 3.05) is 26.1 Å². The first-order valence-corrected chi connectivity index (χ1v) is 6.15. The van der Waals surface area contributed by atoms with E-state index in [4.69, 9.17) is 15.2 Å². The molecule has 8 heteroatoms. The van der Waals surface area contributed by atoms with Crippen LogP contribution in [0, 0.1) is 0 Å². The number of ether oxygens (including phenoxy) is 3. The summed E-state index contributed by atoms with van der Waals surface area (Å²) in [6, 6.07) is 4.19. The van der Waals surface area contributed by atoms with Gasteiger partial charge in [0.2, 0.25) is 5.91 Å². The molecule has 0 saturated carbocycles. The van der Waals surface area contributed by atoms with E-state index in [0.717, 1.165) is 0 Å². The molecule has 0 aromatic heterocycles. The van der Waals surface area contributed by atoms with E-state index in [1.807, 2.05) is 0 Å². The van der Waals surface area contributed by atoms with Crippen LogP contribution in [0.2, 0.25) is 0 Å². The summed E-state index contributed by atoms with van der Waals surface area (Å²) in [6.07, 6.45) is -0.343. The Balaban J connectivity index is 2.77. The summed E-state index contributed by atoms with van der Waals surface area (Å²) >= 11 is 0. The maximum absolute atomic E-state index is 12.3. The van der Waals surface area contributed by atoms with Crippen LogP contribution in [0.1, 0.15) is 6.42 Å². The Morgan fingerprint density at radius 1 is 1.33 bits per heavy atom. The molecular weight excluding hydrogens is 286 g/mol. The van der Waals surface area contributed by atoms with E-state index in [2.05, 4.69) is 10.1 Å². The first-order valence-electron chi connectivity index (χ1n) is 6.15. The molecule has 0 heterocycles. The molecule has 1 amide bonds. The number of alkyl halides is 2. The van der Waals surface area contributed by atoms with Crippen LogP contribution in [0.25, 0.3) is 0 Å². The average Bonchev–Trinajstić information content (AvgIpc) is 2.44. The lowest BCUT2D eigenvalue weighted by atomic mass is 10.2. The lowest BCUT2D eigenvalue weighted by Gasteiger charge is -2.14. The highest BCUT2D eigenvalue weighted by molar-refractivity contribution is 5.91. The zero-order chi connectivity index (χ0) is 15.8. The topological polar surface area (TPSA) is 82.8 Å². The van der Waals surface area contributed by atoms with Gasteiger partial charge in [0.1, 0.15) is 0 Å². The normalized spacial score (nSPS) is 12.1. The quantitative estimate of drug-likeness (QED) is 0.762. The van der Waals surface area contributed by atoms with Gasteiger partial charge in [0.15, 0.2) is 11.5 Å². The number of rotatable bonds is 8. The highest BCUT2D eigenvalue weighted by Gasteiger charge is 2.14. The van der Waals surface area contributed by atoms with Gasteiger partial charge in [0.25, 0.3) is 0 Å². The zero-order valence-corrected chi connectivity index (χ0v) is 11.8.